The zero-order chi connectivity index (χ0) is 9.12. The van der Waals surface area contributed by atoms with Gasteiger partial charge >= 0.3 is 6.18 Å². The minimum absolute atomic E-state index is 0.270. The average Bonchev–Trinajstić information content (AvgIpc) is 1.81. The third-order valence-electron chi connectivity index (χ3n) is 1.59. The molecular formula is C7H12F4. The molecule has 68 valence electrons. The Bertz CT molecular complexity index is 114. The highest BCUT2D eigenvalue weighted by Gasteiger charge is 2.51. The molecule has 4 heteroatoms. The van der Waals surface area contributed by atoms with Crippen molar-refractivity contribution >= 4 is 0 Å². The van der Waals surface area contributed by atoms with E-state index in [-0.39, 0.29) is 6.42 Å². The first-order valence-electron chi connectivity index (χ1n) is 3.57. The number of hydrogen-bond donors (Lipinski definition) is 0. The Hall–Kier alpha value is -0.280. The van der Waals surface area contributed by atoms with Gasteiger partial charge in [0.05, 0.1) is 0 Å². The maximum atomic E-state index is 12.7. The molecule has 1 atom stereocenters. The Kier molecular flexibility index (Phi) is 3.32. The van der Waals surface area contributed by atoms with Crippen LogP contribution in [0.1, 0.15) is 33.1 Å². The summed E-state index contributed by atoms with van der Waals surface area (Å²) in [5.41, 5.74) is -3.01. The number of alkyl halides is 4. The molecule has 0 aromatic carbocycles. The van der Waals surface area contributed by atoms with E-state index in [0.717, 1.165) is 0 Å². The first-order valence-corrected chi connectivity index (χ1v) is 3.57. The first-order chi connectivity index (χ1) is 4.81. The van der Waals surface area contributed by atoms with Gasteiger partial charge in [0.15, 0.2) is 0 Å². The van der Waals surface area contributed by atoms with Crippen LogP contribution in [0, 0.1) is 0 Å². The molecule has 0 aliphatic carbocycles. The van der Waals surface area contributed by atoms with Crippen molar-refractivity contribution in [3.8, 4) is 0 Å². The van der Waals surface area contributed by atoms with E-state index < -0.39 is 18.3 Å². The molecule has 0 rings (SSSR count). The SMILES string of the molecule is CCCCC(C)(F)C(F)(F)F. The highest BCUT2D eigenvalue weighted by atomic mass is 19.4. The molecule has 0 spiro atoms. The highest BCUT2D eigenvalue weighted by Crippen LogP contribution is 2.37. The second-order valence-corrected chi connectivity index (χ2v) is 2.80. The van der Waals surface area contributed by atoms with E-state index in [1.165, 1.54) is 0 Å². The molecule has 1 unspecified atom stereocenters. The molecule has 0 saturated carbocycles. The van der Waals surface area contributed by atoms with E-state index in [4.69, 9.17) is 0 Å². The van der Waals surface area contributed by atoms with Gasteiger partial charge in [-0.15, -0.1) is 0 Å². The van der Waals surface area contributed by atoms with Crippen molar-refractivity contribution in [1.29, 1.82) is 0 Å². The molecular weight excluding hydrogens is 160 g/mol. The van der Waals surface area contributed by atoms with Crippen LogP contribution in [-0.4, -0.2) is 11.8 Å². The van der Waals surface area contributed by atoms with Gasteiger partial charge in [0.1, 0.15) is 0 Å². The van der Waals surface area contributed by atoms with Crippen LogP contribution in [0.5, 0.6) is 0 Å². The van der Waals surface area contributed by atoms with Gasteiger partial charge in [0.25, 0.3) is 0 Å². The molecule has 0 saturated heterocycles. The molecule has 0 amide bonds. The van der Waals surface area contributed by atoms with Crippen LogP contribution >= 0.6 is 0 Å². The lowest BCUT2D eigenvalue weighted by Gasteiger charge is -2.22. The first kappa shape index (κ1) is 10.7. The van der Waals surface area contributed by atoms with Crippen molar-refractivity contribution in [3.63, 3.8) is 0 Å². The summed E-state index contributed by atoms with van der Waals surface area (Å²) in [4.78, 5) is 0. The lowest BCUT2D eigenvalue weighted by atomic mass is 10.0. The predicted molar refractivity (Wildman–Crippen MR) is 35.1 cm³/mol. The molecule has 0 fully saturated rings. The Morgan fingerprint density at radius 3 is 1.82 bits per heavy atom. The number of unbranched alkanes of at least 4 members (excludes halogenated alkanes) is 1. The minimum Gasteiger partial charge on any atom is -0.234 e. The summed E-state index contributed by atoms with van der Waals surface area (Å²) in [6.07, 6.45) is -4.31. The van der Waals surface area contributed by atoms with E-state index >= 15 is 0 Å². The van der Waals surface area contributed by atoms with Gasteiger partial charge in [0, 0.05) is 0 Å². The molecule has 0 aliphatic rings. The van der Waals surface area contributed by atoms with Crippen molar-refractivity contribution in [2.45, 2.75) is 45.0 Å². The topological polar surface area (TPSA) is 0 Å². The lowest BCUT2D eigenvalue weighted by Crippen LogP contribution is -2.37. The summed E-state index contributed by atoms with van der Waals surface area (Å²) in [5, 5.41) is 0. The zero-order valence-electron chi connectivity index (χ0n) is 6.63. The monoisotopic (exact) mass is 172 g/mol. The Morgan fingerprint density at radius 1 is 1.09 bits per heavy atom. The molecule has 0 bridgehead atoms. The summed E-state index contributed by atoms with van der Waals surface area (Å²) in [6.45, 7) is 2.31. The van der Waals surface area contributed by atoms with E-state index in [9.17, 15) is 17.6 Å². The summed E-state index contributed by atoms with van der Waals surface area (Å²) in [7, 11) is 0. The summed E-state index contributed by atoms with van der Waals surface area (Å²) >= 11 is 0. The van der Waals surface area contributed by atoms with Crippen LogP contribution in [-0.2, 0) is 0 Å². The molecule has 0 N–H and O–H groups in total. The fraction of sp³-hybridized carbons (Fsp3) is 1.00. The molecule has 0 heterocycles. The number of rotatable bonds is 3. The molecule has 11 heavy (non-hydrogen) atoms. The fourth-order valence-electron chi connectivity index (χ4n) is 0.650. The van der Waals surface area contributed by atoms with Gasteiger partial charge in [0.2, 0.25) is 5.67 Å². The van der Waals surface area contributed by atoms with Crippen LogP contribution in [0.25, 0.3) is 0 Å². The van der Waals surface area contributed by atoms with Crippen molar-refractivity contribution in [1.82, 2.24) is 0 Å². The second-order valence-electron chi connectivity index (χ2n) is 2.80. The van der Waals surface area contributed by atoms with Crippen molar-refractivity contribution in [2.24, 2.45) is 0 Å². The third-order valence-corrected chi connectivity index (χ3v) is 1.59. The van der Waals surface area contributed by atoms with Crippen LogP contribution in [0.3, 0.4) is 0 Å². The smallest absolute Gasteiger partial charge is 0.234 e. The van der Waals surface area contributed by atoms with Crippen LogP contribution in [0.15, 0.2) is 0 Å². The zero-order valence-corrected chi connectivity index (χ0v) is 6.63. The predicted octanol–water partition coefficient (Wildman–Crippen LogP) is 3.47. The van der Waals surface area contributed by atoms with Gasteiger partial charge < -0.3 is 0 Å². The molecule has 0 aromatic rings. The van der Waals surface area contributed by atoms with E-state index in [2.05, 4.69) is 0 Å². The van der Waals surface area contributed by atoms with Crippen LogP contribution in [0.4, 0.5) is 17.6 Å². The summed E-state index contributed by atoms with van der Waals surface area (Å²) in [6, 6.07) is 0. The quantitative estimate of drug-likeness (QED) is 0.572. The molecule has 0 aromatic heterocycles. The Balaban J connectivity index is 4.00. The highest BCUT2D eigenvalue weighted by molar-refractivity contribution is 4.81. The van der Waals surface area contributed by atoms with Crippen LogP contribution < -0.4 is 0 Å². The van der Waals surface area contributed by atoms with E-state index in [1.54, 1.807) is 6.92 Å². The third kappa shape index (κ3) is 3.08. The summed E-state index contributed by atoms with van der Waals surface area (Å²) < 4.78 is 48.0. The van der Waals surface area contributed by atoms with E-state index in [1.807, 2.05) is 0 Å². The lowest BCUT2D eigenvalue weighted by molar-refractivity contribution is -0.226. The minimum atomic E-state index is -4.72. The van der Waals surface area contributed by atoms with Gasteiger partial charge in [-0.1, -0.05) is 19.8 Å². The van der Waals surface area contributed by atoms with Crippen molar-refractivity contribution in [2.75, 3.05) is 0 Å². The van der Waals surface area contributed by atoms with Crippen molar-refractivity contribution in [3.05, 3.63) is 0 Å². The van der Waals surface area contributed by atoms with Gasteiger partial charge in [-0.3, -0.25) is 0 Å². The normalized spacial score (nSPS) is 18.0. The van der Waals surface area contributed by atoms with Gasteiger partial charge in [-0.25, -0.2) is 4.39 Å². The molecule has 0 nitrogen and oxygen atoms in total. The summed E-state index contributed by atoms with van der Waals surface area (Å²) in [5.74, 6) is 0. The molecule has 0 radical (unpaired) electrons. The number of halogens is 4. The molecule has 0 aliphatic heterocycles. The van der Waals surface area contributed by atoms with Crippen molar-refractivity contribution < 1.29 is 17.6 Å². The van der Waals surface area contributed by atoms with Gasteiger partial charge in [-0.2, -0.15) is 13.2 Å². The number of hydrogen-bond acceptors (Lipinski definition) is 0. The largest absolute Gasteiger partial charge is 0.422 e. The second kappa shape index (κ2) is 3.41. The fourth-order valence-corrected chi connectivity index (χ4v) is 0.650. The van der Waals surface area contributed by atoms with E-state index in [0.29, 0.717) is 13.3 Å². The standard InChI is InChI=1S/C7H12F4/c1-3-4-5-6(2,8)7(9,10)11/h3-5H2,1-2H3. The average molecular weight is 172 g/mol. The maximum absolute atomic E-state index is 12.7. The van der Waals surface area contributed by atoms with Crippen LogP contribution in [0.2, 0.25) is 0 Å². The maximum Gasteiger partial charge on any atom is 0.422 e. The Morgan fingerprint density at radius 2 is 1.55 bits per heavy atom. The Labute approximate surface area is 63.6 Å². The van der Waals surface area contributed by atoms with Gasteiger partial charge in [-0.05, 0) is 13.3 Å².